The van der Waals surface area contributed by atoms with Gasteiger partial charge in [-0.1, -0.05) is 17.3 Å². The molecule has 0 amide bonds. The van der Waals surface area contributed by atoms with E-state index in [1.807, 2.05) is 25.1 Å². The van der Waals surface area contributed by atoms with E-state index < -0.39 is 0 Å². The molecule has 0 spiro atoms. The number of carbonyl (C=O) groups is 1. The highest BCUT2D eigenvalue weighted by Crippen LogP contribution is 2.22. The summed E-state index contributed by atoms with van der Waals surface area (Å²) < 4.78 is 1.62. The average molecular weight is 215 g/mol. The zero-order valence-electron chi connectivity index (χ0n) is 9.56. The maximum Gasteiger partial charge on any atom is 0.172 e. The van der Waals surface area contributed by atoms with Gasteiger partial charge in [0.15, 0.2) is 12.0 Å². The van der Waals surface area contributed by atoms with Crippen LogP contribution in [-0.4, -0.2) is 21.3 Å². The van der Waals surface area contributed by atoms with Crippen LogP contribution in [0.5, 0.6) is 0 Å². The topological polar surface area (TPSA) is 47.8 Å². The van der Waals surface area contributed by atoms with Crippen LogP contribution < -0.4 is 0 Å². The van der Waals surface area contributed by atoms with Crippen LogP contribution in [0.25, 0.3) is 11.3 Å². The summed E-state index contributed by atoms with van der Waals surface area (Å²) in [5.74, 6) is 0. The maximum absolute atomic E-state index is 10.8. The smallest absolute Gasteiger partial charge is 0.172 e. The van der Waals surface area contributed by atoms with Crippen LogP contribution in [0.4, 0.5) is 0 Å². The fraction of sp³-hybridized carbons (Fsp3) is 0.250. The van der Waals surface area contributed by atoms with Gasteiger partial charge in [0.2, 0.25) is 0 Å². The molecule has 0 fully saturated rings. The Balaban J connectivity index is 2.62. The summed E-state index contributed by atoms with van der Waals surface area (Å²) in [7, 11) is 1.78. The molecule has 2 rings (SSSR count). The number of hydrogen-bond donors (Lipinski definition) is 0. The Morgan fingerprint density at radius 1 is 1.25 bits per heavy atom. The molecule has 1 aromatic carbocycles. The van der Waals surface area contributed by atoms with E-state index in [2.05, 4.69) is 17.2 Å². The molecule has 0 N–H and O–H groups in total. The molecule has 0 atom stereocenters. The van der Waals surface area contributed by atoms with Gasteiger partial charge in [-0.05, 0) is 31.0 Å². The highest BCUT2D eigenvalue weighted by Gasteiger charge is 2.12. The molecule has 0 aliphatic carbocycles. The van der Waals surface area contributed by atoms with Gasteiger partial charge in [0, 0.05) is 12.6 Å². The third-order valence-electron chi connectivity index (χ3n) is 2.74. The van der Waals surface area contributed by atoms with Crippen LogP contribution in [0.3, 0.4) is 0 Å². The highest BCUT2D eigenvalue weighted by atomic mass is 16.1. The predicted molar refractivity (Wildman–Crippen MR) is 61.3 cm³/mol. The van der Waals surface area contributed by atoms with E-state index in [-0.39, 0.29) is 0 Å². The van der Waals surface area contributed by atoms with E-state index in [0.29, 0.717) is 5.69 Å². The Labute approximate surface area is 93.9 Å². The summed E-state index contributed by atoms with van der Waals surface area (Å²) in [5.41, 5.74) is 4.53. The summed E-state index contributed by atoms with van der Waals surface area (Å²) >= 11 is 0. The number of carbonyl (C=O) groups excluding carboxylic acids is 1. The Hall–Kier alpha value is -1.97. The van der Waals surface area contributed by atoms with Gasteiger partial charge in [0.1, 0.15) is 0 Å². The molecule has 0 saturated carbocycles. The van der Waals surface area contributed by atoms with Crippen molar-refractivity contribution in [3.8, 4) is 11.3 Å². The Morgan fingerprint density at radius 3 is 2.62 bits per heavy atom. The number of benzene rings is 1. The predicted octanol–water partition coefficient (Wildman–Crippen LogP) is 1.91. The molecule has 0 aliphatic rings. The first kappa shape index (κ1) is 10.5. The van der Waals surface area contributed by atoms with Crippen molar-refractivity contribution in [1.29, 1.82) is 0 Å². The zero-order valence-corrected chi connectivity index (χ0v) is 9.56. The summed E-state index contributed by atoms with van der Waals surface area (Å²) in [6, 6.07) is 6.06. The van der Waals surface area contributed by atoms with Crippen LogP contribution >= 0.6 is 0 Å². The molecule has 0 bridgehead atoms. The molecule has 1 heterocycles. The summed E-state index contributed by atoms with van der Waals surface area (Å²) in [6.45, 7) is 4.10. The number of nitrogens with zero attached hydrogens (tertiary/aromatic N) is 3. The molecular weight excluding hydrogens is 202 g/mol. The van der Waals surface area contributed by atoms with E-state index in [0.717, 1.165) is 17.5 Å². The number of aryl methyl sites for hydroxylation is 3. The minimum atomic E-state index is 0.380. The van der Waals surface area contributed by atoms with Gasteiger partial charge in [-0.15, -0.1) is 5.10 Å². The fourth-order valence-corrected chi connectivity index (χ4v) is 1.68. The van der Waals surface area contributed by atoms with Gasteiger partial charge in [-0.2, -0.15) is 0 Å². The van der Waals surface area contributed by atoms with Crippen molar-refractivity contribution in [1.82, 2.24) is 15.0 Å². The number of aromatic nitrogens is 3. The molecular formula is C12H13N3O. The standard InChI is InChI=1S/C12H13N3O/c1-8-4-5-10(6-9(8)2)12-11(7-16)13-14-15(12)3/h4-7H,1-3H3. The minimum absolute atomic E-state index is 0.380. The Morgan fingerprint density at radius 2 is 2.00 bits per heavy atom. The molecule has 0 saturated heterocycles. The van der Waals surface area contributed by atoms with Crippen LogP contribution in [0.15, 0.2) is 18.2 Å². The number of rotatable bonds is 2. The molecule has 0 aliphatic heterocycles. The van der Waals surface area contributed by atoms with Crippen molar-refractivity contribution in [2.75, 3.05) is 0 Å². The summed E-state index contributed by atoms with van der Waals surface area (Å²) in [5, 5.41) is 7.66. The van der Waals surface area contributed by atoms with Gasteiger partial charge >= 0.3 is 0 Å². The lowest BCUT2D eigenvalue weighted by atomic mass is 10.0. The molecule has 82 valence electrons. The zero-order chi connectivity index (χ0) is 11.7. The van der Waals surface area contributed by atoms with Gasteiger partial charge in [0.05, 0.1) is 5.69 Å². The first-order chi connectivity index (χ1) is 7.63. The molecule has 1 aromatic heterocycles. The van der Waals surface area contributed by atoms with Crippen molar-refractivity contribution in [2.24, 2.45) is 7.05 Å². The third-order valence-corrected chi connectivity index (χ3v) is 2.74. The van der Waals surface area contributed by atoms with Crippen molar-refractivity contribution in [3.63, 3.8) is 0 Å². The van der Waals surface area contributed by atoms with Gasteiger partial charge in [-0.3, -0.25) is 4.79 Å². The molecule has 2 aromatic rings. The number of aldehydes is 1. The third kappa shape index (κ3) is 1.62. The summed E-state index contributed by atoms with van der Waals surface area (Å²) in [6.07, 6.45) is 0.734. The van der Waals surface area contributed by atoms with E-state index >= 15 is 0 Å². The van der Waals surface area contributed by atoms with Crippen LogP contribution in [0.2, 0.25) is 0 Å². The lowest BCUT2D eigenvalue weighted by Crippen LogP contribution is -1.96. The largest absolute Gasteiger partial charge is 0.296 e. The van der Waals surface area contributed by atoms with Crippen LogP contribution in [-0.2, 0) is 7.05 Å². The normalized spacial score (nSPS) is 10.4. The van der Waals surface area contributed by atoms with Crippen LogP contribution in [0, 0.1) is 13.8 Å². The van der Waals surface area contributed by atoms with E-state index in [9.17, 15) is 4.79 Å². The molecule has 16 heavy (non-hydrogen) atoms. The second-order valence-corrected chi connectivity index (χ2v) is 3.86. The van der Waals surface area contributed by atoms with Crippen molar-refractivity contribution < 1.29 is 4.79 Å². The maximum atomic E-state index is 10.8. The Kier molecular flexibility index (Phi) is 2.56. The van der Waals surface area contributed by atoms with Crippen molar-refractivity contribution >= 4 is 6.29 Å². The first-order valence-electron chi connectivity index (χ1n) is 5.06. The van der Waals surface area contributed by atoms with Gasteiger partial charge < -0.3 is 0 Å². The second-order valence-electron chi connectivity index (χ2n) is 3.86. The summed E-state index contributed by atoms with van der Waals surface area (Å²) in [4.78, 5) is 10.8. The number of hydrogen-bond acceptors (Lipinski definition) is 3. The van der Waals surface area contributed by atoms with Gasteiger partial charge in [-0.25, -0.2) is 4.68 Å². The Bertz CT molecular complexity index is 543. The van der Waals surface area contributed by atoms with Crippen molar-refractivity contribution in [3.05, 3.63) is 35.0 Å². The highest BCUT2D eigenvalue weighted by molar-refractivity contribution is 5.83. The average Bonchev–Trinajstić information content (AvgIpc) is 2.64. The lowest BCUT2D eigenvalue weighted by molar-refractivity contribution is 0.111. The quantitative estimate of drug-likeness (QED) is 0.719. The monoisotopic (exact) mass is 215 g/mol. The molecule has 4 heteroatoms. The fourth-order valence-electron chi connectivity index (χ4n) is 1.68. The molecule has 0 radical (unpaired) electrons. The SMILES string of the molecule is Cc1ccc(-c2c(C=O)nnn2C)cc1C. The van der Waals surface area contributed by atoms with E-state index in [1.165, 1.54) is 11.1 Å². The van der Waals surface area contributed by atoms with Crippen molar-refractivity contribution in [2.45, 2.75) is 13.8 Å². The van der Waals surface area contributed by atoms with E-state index in [1.54, 1.807) is 11.7 Å². The second kappa shape index (κ2) is 3.89. The van der Waals surface area contributed by atoms with Gasteiger partial charge in [0.25, 0.3) is 0 Å². The minimum Gasteiger partial charge on any atom is -0.296 e. The first-order valence-corrected chi connectivity index (χ1v) is 5.06. The molecule has 0 unspecified atom stereocenters. The molecule has 4 nitrogen and oxygen atoms in total. The lowest BCUT2D eigenvalue weighted by Gasteiger charge is -2.05. The van der Waals surface area contributed by atoms with Crippen LogP contribution in [0.1, 0.15) is 21.6 Å². The van der Waals surface area contributed by atoms with E-state index in [4.69, 9.17) is 0 Å².